The van der Waals surface area contributed by atoms with Gasteiger partial charge in [0.15, 0.2) is 5.13 Å². The number of thiazole rings is 1. The van der Waals surface area contributed by atoms with Crippen molar-refractivity contribution in [1.29, 1.82) is 0 Å². The summed E-state index contributed by atoms with van der Waals surface area (Å²) >= 11 is 13.6. The van der Waals surface area contributed by atoms with Crippen LogP contribution in [0.5, 0.6) is 0 Å². The average molecular weight is 403 g/mol. The number of carbonyl (C=O) groups excluding carboxylic acids is 1. The highest BCUT2D eigenvalue weighted by molar-refractivity contribution is 7.15. The van der Waals surface area contributed by atoms with E-state index in [1.165, 1.54) is 23.0 Å². The molecule has 0 aliphatic heterocycles. The predicted molar refractivity (Wildman–Crippen MR) is 110 cm³/mol. The van der Waals surface area contributed by atoms with Gasteiger partial charge in [0, 0.05) is 33.6 Å². The van der Waals surface area contributed by atoms with Crippen LogP contribution in [-0.4, -0.2) is 10.9 Å². The molecular weight excluding hydrogens is 387 g/mol. The highest BCUT2D eigenvalue weighted by Gasteiger charge is 2.08. The third kappa shape index (κ3) is 5.18. The topological polar surface area (TPSA) is 42.0 Å². The van der Waals surface area contributed by atoms with E-state index in [1.54, 1.807) is 24.4 Å². The summed E-state index contributed by atoms with van der Waals surface area (Å²) in [6.07, 6.45) is 5.63. The van der Waals surface area contributed by atoms with Gasteiger partial charge >= 0.3 is 0 Å². The molecule has 2 aromatic carbocycles. The molecule has 1 amide bonds. The minimum absolute atomic E-state index is 0.215. The second-order valence-corrected chi connectivity index (χ2v) is 7.74. The first kappa shape index (κ1) is 18.6. The zero-order valence-electron chi connectivity index (χ0n) is 14.0. The summed E-state index contributed by atoms with van der Waals surface area (Å²) in [5.74, 6) is -0.215. The first-order valence-corrected chi connectivity index (χ1v) is 9.51. The van der Waals surface area contributed by atoms with Gasteiger partial charge in [-0.1, -0.05) is 53.0 Å². The van der Waals surface area contributed by atoms with Crippen molar-refractivity contribution < 1.29 is 4.79 Å². The minimum atomic E-state index is -0.215. The third-order valence-electron chi connectivity index (χ3n) is 3.66. The molecule has 0 bridgehead atoms. The van der Waals surface area contributed by atoms with Gasteiger partial charge in [-0.3, -0.25) is 10.1 Å². The van der Waals surface area contributed by atoms with Gasteiger partial charge in [0.1, 0.15) is 0 Å². The molecule has 3 aromatic rings. The van der Waals surface area contributed by atoms with Gasteiger partial charge < -0.3 is 0 Å². The molecule has 0 saturated carbocycles. The quantitative estimate of drug-likeness (QED) is 0.531. The van der Waals surface area contributed by atoms with Gasteiger partial charge in [-0.2, -0.15) is 0 Å². The van der Waals surface area contributed by atoms with E-state index < -0.39 is 0 Å². The Balaban J connectivity index is 1.61. The standard InChI is InChI=1S/C20H16Cl2N2OS/c1-13-2-4-14(5-3-13)6-9-19(25)24-20-23-12-17(26-20)11-15-10-16(21)7-8-18(15)22/h2-10,12H,11H2,1H3,(H,23,24,25). The molecule has 1 aromatic heterocycles. The van der Waals surface area contributed by atoms with Crippen molar-refractivity contribution >= 4 is 51.7 Å². The fourth-order valence-electron chi connectivity index (χ4n) is 2.31. The molecule has 0 saturated heterocycles. The Labute approximate surface area is 166 Å². The summed E-state index contributed by atoms with van der Waals surface area (Å²) in [4.78, 5) is 17.3. The molecule has 0 fully saturated rings. The molecule has 0 atom stereocenters. The van der Waals surface area contributed by atoms with E-state index >= 15 is 0 Å². The van der Waals surface area contributed by atoms with Gasteiger partial charge in [-0.05, 0) is 42.3 Å². The van der Waals surface area contributed by atoms with E-state index in [-0.39, 0.29) is 5.91 Å². The monoisotopic (exact) mass is 402 g/mol. The maximum absolute atomic E-state index is 12.0. The number of anilines is 1. The number of carbonyl (C=O) groups is 1. The van der Waals surface area contributed by atoms with Crippen molar-refractivity contribution in [2.45, 2.75) is 13.3 Å². The number of aromatic nitrogens is 1. The summed E-state index contributed by atoms with van der Waals surface area (Å²) in [5.41, 5.74) is 3.09. The van der Waals surface area contributed by atoms with Crippen LogP contribution in [0, 0.1) is 6.92 Å². The second-order valence-electron chi connectivity index (χ2n) is 5.78. The lowest BCUT2D eigenvalue weighted by Crippen LogP contribution is -2.07. The number of hydrogen-bond donors (Lipinski definition) is 1. The van der Waals surface area contributed by atoms with Crippen LogP contribution in [0.1, 0.15) is 21.6 Å². The Morgan fingerprint density at radius 3 is 2.73 bits per heavy atom. The summed E-state index contributed by atoms with van der Waals surface area (Å²) in [7, 11) is 0. The zero-order valence-corrected chi connectivity index (χ0v) is 16.3. The molecule has 3 nitrogen and oxygen atoms in total. The zero-order chi connectivity index (χ0) is 18.5. The molecule has 0 spiro atoms. The average Bonchev–Trinajstić information content (AvgIpc) is 3.04. The summed E-state index contributed by atoms with van der Waals surface area (Å²) in [5, 5.41) is 4.63. The van der Waals surface area contributed by atoms with Crippen LogP contribution in [0.3, 0.4) is 0 Å². The van der Waals surface area contributed by atoms with Crippen LogP contribution in [0.25, 0.3) is 6.08 Å². The molecule has 0 unspecified atom stereocenters. The molecule has 132 valence electrons. The molecular formula is C20H16Cl2N2OS. The lowest BCUT2D eigenvalue weighted by atomic mass is 10.1. The highest BCUT2D eigenvalue weighted by atomic mass is 35.5. The van der Waals surface area contributed by atoms with Gasteiger partial charge in [-0.25, -0.2) is 4.98 Å². The molecule has 0 aliphatic rings. The molecule has 6 heteroatoms. The van der Waals surface area contributed by atoms with Crippen LogP contribution in [-0.2, 0) is 11.2 Å². The molecule has 0 radical (unpaired) electrons. The summed E-state index contributed by atoms with van der Waals surface area (Å²) < 4.78 is 0. The Morgan fingerprint density at radius 2 is 1.96 bits per heavy atom. The highest BCUT2D eigenvalue weighted by Crippen LogP contribution is 2.27. The number of benzene rings is 2. The normalized spacial score (nSPS) is 11.0. The van der Waals surface area contributed by atoms with Crippen LogP contribution in [0.15, 0.2) is 54.7 Å². The van der Waals surface area contributed by atoms with E-state index in [4.69, 9.17) is 23.2 Å². The van der Waals surface area contributed by atoms with Gasteiger partial charge in [-0.15, -0.1) is 11.3 Å². The molecule has 1 heterocycles. The first-order valence-electron chi connectivity index (χ1n) is 7.94. The van der Waals surface area contributed by atoms with Gasteiger partial charge in [0.25, 0.3) is 0 Å². The van der Waals surface area contributed by atoms with Gasteiger partial charge in [0.2, 0.25) is 5.91 Å². The van der Waals surface area contributed by atoms with E-state index in [1.807, 2.05) is 37.3 Å². The van der Waals surface area contributed by atoms with Crippen molar-refractivity contribution in [3.05, 3.63) is 86.4 Å². The Hall–Kier alpha value is -2.14. The first-order chi connectivity index (χ1) is 12.5. The van der Waals surface area contributed by atoms with Crippen molar-refractivity contribution in [3.63, 3.8) is 0 Å². The molecule has 3 rings (SSSR count). The molecule has 1 N–H and O–H groups in total. The summed E-state index contributed by atoms with van der Waals surface area (Å²) in [6, 6.07) is 13.3. The second kappa shape index (κ2) is 8.49. The van der Waals surface area contributed by atoms with Crippen molar-refractivity contribution in [1.82, 2.24) is 4.98 Å². The fraction of sp³-hybridized carbons (Fsp3) is 0.100. The number of nitrogens with one attached hydrogen (secondary N) is 1. The number of hydrogen-bond acceptors (Lipinski definition) is 3. The Kier molecular flexibility index (Phi) is 6.09. The largest absolute Gasteiger partial charge is 0.298 e. The van der Waals surface area contributed by atoms with E-state index in [0.717, 1.165) is 16.0 Å². The summed E-state index contributed by atoms with van der Waals surface area (Å²) in [6.45, 7) is 2.02. The SMILES string of the molecule is Cc1ccc(C=CC(=O)Nc2ncc(Cc3cc(Cl)ccc3Cl)s2)cc1. The predicted octanol–water partition coefficient (Wildman–Crippen LogP) is 6.00. The number of aryl methyl sites for hydroxylation is 1. The van der Waals surface area contributed by atoms with Crippen molar-refractivity contribution in [2.24, 2.45) is 0 Å². The van der Waals surface area contributed by atoms with Crippen LogP contribution in [0.2, 0.25) is 10.0 Å². The molecule has 26 heavy (non-hydrogen) atoms. The number of halogens is 2. The van der Waals surface area contributed by atoms with Crippen LogP contribution in [0.4, 0.5) is 5.13 Å². The lowest BCUT2D eigenvalue weighted by molar-refractivity contribution is -0.111. The van der Waals surface area contributed by atoms with Crippen molar-refractivity contribution in [2.75, 3.05) is 5.32 Å². The van der Waals surface area contributed by atoms with E-state index in [2.05, 4.69) is 10.3 Å². The lowest BCUT2D eigenvalue weighted by Gasteiger charge is -2.02. The van der Waals surface area contributed by atoms with E-state index in [0.29, 0.717) is 21.6 Å². The van der Waals surface area contributed by atoms with Crippen molar-refractivity contribution in [3.8, 4) is 0 Å². The van der Waals surface area contributed by atoms with Gasteiger partial charge in [0.05, 0.1) is 0 Å². The minimum Gasteiger partial charge on any atom is -0.298 e. The maximum atomic E-state index is 12.0. The van der Waals surface area contributed by atoms with Crippen LogP contribution >= 0.6 is 34.5 Å². The number of amides is 1. The third-order valence-corrected chi connectivity index (χ3v) is 5.18. The Morgan fingerprint density at radius 1 is 1.19 bits per heavy atom. The number of nitrogens with zero attached hydrogens (tertiary/aromatic N) is 1. The molecule has 0 aliphatic carbocycles. The maximum Gasteiger partial charge on any atom is 0.250 e. The fourth-order valence-corrected chi connectivity index (χ4v) is 3.53. The smallest absolute Gasteiger partial charge is 0.250 e. The van der Waals surface area contributed by atoms with E-state index in [9.17, 15) is 4.79 Å². The Bertz CT molecular complexity index is 949. The number of rotatable bonds is 5. The van der Waals surface area contributed by atoms with Crippen LogP contribution < -0.4 is 5.32 Å².